The molecule has 0 aliphatic carbocycles. The summed E-state index contributed by atoms with van der Waals surface area (Å²) >= 11 is 0. The molecular formula is C28H25FN2O4. The zero-order chi connectivity index (χ0) is 24.9. The number of nitrogens with zero attached hydrogens (tertiary/aromatic N) is 1. The van der Waals surface area contributed by atoms with Gasteiger partial charge >= 0.3 is 5.97 Å². The minimum Gasteiger partial charge on any atom is -0.478 e. The number of rotatable bonds is 5. The van der Waals surface area contributed by atoms with Gasteiger partial charge in [-0.2, -0.15) is 0 Å². The summed E-state index contributed by atoms with van der Waals surface area (Å²) in [5, 5.41) is 13.3. The third-order valence-corrected chi connectivity index (χ3v) is 6.54. The first-order chi connectivity index (χ1) is 16.7. The lowest BCUT2D eigenvalue weighted by atomic mass is 10.00. The highest BCUT2D eigenvalue weighted by molar-refractivity contribution is 5.94. The van der Waals surface area contributed by atoms with E-state index in [0.29, 0.717) is 41.2 Å². The monoisotopic (exact) mass is 472 g/mol. The third-order valence-electron chi connectivity index (χ3n) is 6.54. The largest absolute Gasteiger partial charge is 0.478 e. The van der Waals surface area contributed by atoms with Crippen molar-refractivity contribution in [1.82, 2.24) is 0 Å². The molecule has 0 fully saturated rings. The first kappa shape index (κ1) is 22.7. The van der Waals surface area contributed by atoms with Crippen molar-refractivity contribution in [3.8, 4) is 0 Å². The molecule has 178 valence electrons. The van der Waals surface area contributed by atoms with Crippen LogP contribution in [0.15, 0.2) is 63.8 Å². The minimum atomic E-state index is -1.02. The number of fused-ring (bicyclic) bond motifs is 2. The Morgan fingerprint density at radius 1 is 1.09 bits per heavy atom. The molecule has 0 amide bonds. The zero-order valence-electron chi connectivity index (χ0n) is 19.7. The minimum absolute atomic E-state index is 0.119. The summed E-state index contributed by atoms with van der Waals surface area (Å²) in [6, 6.07) is 14.8. The summed E-state index contributed by atoms with van der Waals surface area (Å²) in [7, 11) is 0. The Bertz CT molecular complexity index is 1540. The van der Waals surface area contributed by atoms with Gasteiger partial charge in [0.05, 0.1) is 22.6 Å². The average Bonchev–Trinajstić information content (AvgIpc) is 3.24. The summed E-state index contributed by atoms with van der Waals surface area (Å²) in [6.45, 7) is 6.53. The van der Waals surface area contributed by atoms with Crippen LogP contribution in [-0.2, 0) is 13.1 Å². The fraction of sp³-hybridized carbons (Fsp3) is 0.214. The fourth-order valence-electron chi connectivity index (χ4n) is 4.79. The topological polar surface area (TPSA) is 82.8 Å². The highest BCUT2D eigenvalue weighted by atomic mass is 19.1. The molecule has 4 aromatic rings. The number of carbonyl (C=O) groups is 1. The maximum atomic E-state index is 13.7. The first-order valence-electron chi connectivity index (χ1n) is 11.4. The van der Waals surface area contributed by atoms with Crippen molar-refractivity contribution in [1.29, 1.82) is 0 Å². The summed E-state index contributed by atoms with van der Waals surface area (Å²) in [5.74, 6) is -0.854. The Balaban J connectivity index is 1.60. The second kappa shape index (κ2) is 8.58. The smallest absolute Gasteiger partial charge is 0.337 e. The molecule has 0 saturated carbocycles. The second-order valence-electron chi connectivity index (χ2n) is 9.08. The predicted molar refractivity (Wildman–Crippen MR) is 134 cm³/mol. The van der Waals surface area contributed by atoms with E-state index in [2.05, 4.69) is 5.32 Å². The molecule has 2 heterocycles. The van der Waals surface area contributed by atoms with Crippen LogP contribution in [0.3, 0.4) is 0 Å². The number of carboxylic acid groups (broad SMARTS) is 1. The van der Waals surface area contributed by atoms with Crippen LogP contribution in [-0.4, -0.2) is 11.1 Å². The Kier molecular flexibility index (Phi) is 5.55. The second-order valence-corrected chi connectivity index (χ2v) is 9.08. The van der Waals surface area contributed by atoms with E-state index >= 15 is 0 Å². The maximum absolute atomic E-state index is 13.7. The molecule has 1 aromatic heterocycles. The highest BCUT2D eigenvalue weighted by Crippen LogP contribution is 2.35. The van der Waals surface area contributed by atoms with Gasteiger partial charge in [-0.1, -0.05) is 24.3 Å². The van der Waals surface area contributed by atoms with Crippen LogP contribution in [0.4, 0.5) is 16.0 Å². The standard InChI is InChI=1S/C28H25FN2O4/c1-15-10-22(17(3)30-24-7-5-4-6-21(24)28(33)34)26-23(11-15)25(32)16(2)27(35-26)31-13-18-8-9-20(29)12-19(18)14-31/h4-12,17,30H,13-14H2,1-3H3,(H,33,34)/t17-/m1/s1. The van der Waals surface area contributed by atoms with Crippen molar-refractivity contribution in [2.45, 2.75) is 39.9 Å². The van der Waals surface area contributed by atoms with E-state index in [4.69, 9.17) is 4.42 Å². The SMILES string of the molecule is Cc1cc([C@@H](C)Nc2ccccc2C(=O)O)c2oc(N3Cc4ccc(F)cc4C3)c(C)c(=O)c2c1. The van der Waals surface area contributed by atoms with E-state index in [1.54, 1.807) is 37.3 Å². The Labute approximate surface area is 201 Å². The molecule has 2 N–H and O–H groups in total. The number of carboxylic acids is 1. The number of anilines is 2. The van der Waals surface area contributed by atoms with Gasteiger partial charge < -0.3 is 19.7 Å². The summed E-state index contributed by atoms with van der Waals surface area (Å²) in [6.07, 6.45) is 0. The van der Waals surface area contributed by atoms with Gasteiger partial charge in [-0.05, 0) is 67.8 Å². The number of benzene rings is 3. The number of aromatic carboxylic acids is 1. The zero-order valence-corrected chi connectivity index (χ0v) is 19.7. The number of nitrogens with one attached hydrogen (secondary N) is 1. The lowest BCUT2D eigenvalue weighted by molar-refractivity contribution is 0.0698. The number of aryl methyl sites for hydroxylation is 1. The van der Waals surface area contributed by atoms with Gasteiger partial charge in [-0.3, -0.25) is 4.79 Å². The summed E-state index contributed by atoms with van der Waals surface area (Å²) in [4.78, 5) is 27.0. The Morgan fingerprint density at radius 3 is 2.60 bits per heavy atom. The van der Waals surface area contributed by atoms with Gasteiger partial charge in [0.25, 0.3) is 0 Å². The molecule has 35 heavy (non-hydrogen) atoms. The van der Waals surface area contributed by atoms with Crippen molar-refractivity contribution < 1.29 is 18.7 Å². The molecule has 7 heteroatoms. The van der Waals surface area contributed by atoms with E-state index in [0.717, 1.165) is 22.3 Å². The van der Waals surface area contributed by atoms with E-state index < -0.39 is 5.97 Å². The van der Waals surface area contributed by atoms with Gasteiger partial charge in [0.1, 0.15) is 11.4 Å². The lowest BCUT2D eigenvalue weighted by Crippen LogP contribution is -2.20. The van der Waals surface area contributed by atoms with Crippen LogP contribution in [0.5, 0.6) is 0 Å². The third kappa shape index (κ3) is 4.03. The van der Waals surface area contributed by atoms with Gasteiger partial charge in [0, 0.05) is 24.3 Å². The molecule has 0 saturated heterocycles. The summed E-state index contributed by atoms with van der Waals surface area (Å²) < 4.78 is 20.2. The van der Waals surface area contributed by atoms with Crippen LogP contribution < -0.4 is 15.6 Å². The van der Waals surface area contributed by atoms with Crippen molar-refractivity contribution in [2.24, 2.45) is 0 Å². The summed E-state index contributed by atoms with van der Waals surface area (Å²) in [5.41, 5.74) is 5.00. The lowest BCUT2D eigenvalue weighted by Gasteiger charge is -2.22. The molecule has 3 aromatic carbocycles. The first-order valence-corrected chi connectivity index (χ1v) is 11.4. The molecule has 5 rings (SSSR count). The average molecular weight is 473 g/mol. The number of hydrogen-bond acceptors (Lipinski definition) is 5. The quantitative estimate of drug-likeness (QED) is 0.374. The number of halogens is 1. The highest BCUT2D eigenvalue weighted by Gasteiger charge is 2.26. The van der Waals surface area contributed by atoms with E-state index in [9.17, 15) is 19.1 Å². The van der Waals surface area contributed by atoms with Crippen molar-refractivity contribution in [3.63, 3.8) is 0 Å². The molecule has 0 spiro atoms. The fourth-order valence-corrected chi connectivity index (χ4v) is 4.79. The molecule has 6 nitrogen and oxygen atoms in total. The van der Waals surface area contributed by atoms with Gasteiger partial charge in [-0.15, -0.1) is 0 Å². The normalized spacial score (nSPS) is 13.7. The van der Waals surface area contributed by atoms with Gasteiger partial charge in [0.15, 0.2) is 5.43 Å². The van der Waals surface area contributed by atoms with E-state index in [1.165, 1.54) is 12.1 Å². The van der Waals surface area contributed by atoms with E-state index in [1.807, 2.05) is 30.9 Å². The van der Waals surface area contributed by atoms with Crippen molar-refractivity contribution >= 4 is 28.5 Å². The number of para-hydroxylation sites is 1. The Hall–Kier alpha value is -4.13. The Morgan fingerprint density at radius 2 is 1.83 bits per heavy atom. The molecule has 0 unspecified atom stereocenters. The maximum Gasteiger partial charge on any atom is 0.337 e. The molecule has 1 aliphatic rings. The van der Waals surface area contributed by atoms with E-state index in [-0.39, 0.29) is 22.9 Å². The van der Waals surface area contributed by atoms with Crippen LogP contribution in [0.1, 0.15) is 51.1 Å². The molecular weight excluding hydrogens is 447 g/mol. The molecule has 0 bridgehead atoms. The van der Waals surface area contributed by atoms with Gasteiger partial charge in [-0.25, -0.2) is 9.18 Å². The van der Waals surface area contributed by atoms with Crippen LogP contribution in [0.2, 0.25) is 0 Å². The van der Waals surface area contributed by atoms with Crippen LogP contribution >= 0.6 is 0 Å². The molecule has 1 atom stereocenters. The van der Waals surface area contributed by atoms with Crippen LogP contribution in [0.25, 0.3) is 11.0 Å². The number of hydrogen-bond donors (Lipinski definition) is 2. The molecule has 0 radical (unpaired) electrons. The van der Waals surface area contributed by atoms with Crippen molar-refractivity contribution in [3.05, 3.63) is 104 Å². The predicted octanol–water partition coefficient (Wildman–Crippen LogP) is 5.94. The molecule has 1 aliphatic heterocycles. The van der Waals surface area contributed by atoms with Crippen LogP contribution in [0, 0.1) is 19.7 Å². The van der Waals surface area contributed by atoms with Crippen molar-refractivity contribution in [2.75, 3.05) is 10.2 Å². The van der Waals surface area contributed by atoms with Gasteiger partial charge in [0.2, 0.25) is 5.88 Å².